The summed E-state index contributed by atoms with van der Waals surface area (Å²) in [6.07, 6.45) is 1.89. The van der Waals surface area contributed by atoms with Crippen LogP contribution in [0.4, 0.5) is 4.39 Å². The van der Waals surface area contributed by atoms with Crippen LogP contribution in [0.2, 0.25) is 0 Å². The van der Waals surface area contributed by atoms with E-state index in [1.54, 1.807) is 12.1 Å². The predicted octanol–water partition coefficient (Wildman–Crippen LogP) is 4.67. The van der Waals surface area contributed by atoms with Crippen LogP contribution in [0.3, 0.4) is 0 Å². The zero-order valence-electron chi connectivity index (χ0n) is 10.6. The Morgan fingerprint density at radius 1 is 1.22 bits per heavy atom. The van der Waals surface area contributed by atoms with Gasteiger partial charge >= 0.3 is 0 Å². The molecule has 0 amide bonds. The molecule has 0 aromatic heterocycles. The molecule has 0 N–H and O–H groups in total. The highest BCUT2D eigenvalue weighted by atomic mass is 79.9. The highest BCUT2D eigenvalue weighted by Crippen LogP contribution is 2.32. The second-order valence-electron chi connectivity index (χ2n) is 4.42. The lowest BCUT2D eigenvalue weighted by atomic mass is 9.81. The fourth-order valence-electron chi connectivity index (χ4n) is 1.80. The number of rotatable bonds is 8. The Morgan fingerprint density at radius 2 is 1.94 bits per heavy atom. The van der Waals surface area contributed by atoms with Crippen LogP contribution in [0.1, 0.15) is 25.3 Å². The first-order chi connectivity index (χ1) is 8.68. The third kappa shape index (κ3) is 4.32. The molecule has 1 aromatic carbocycles. The molecule has 0 unspecified atom stereocenters. The van der Waals surface area contributed by atoms with Crippen molar-refractivity contribution < 1.29 is 9.13 Å². The van der Waals surface area contributed by atoms with Gasteiger partial charge in [0.1, 0.15) is 5.82 Å². The zero-order chi connectivity index (χ0) is 13.4. The van der Waals surface area contributed by atoms with Crippen LogP contribution in [0.15, 0.2) is 24.3 Å². The maximum Gasteiger partial charge on any atom is 0.123 e. The van der Waals surface area contributed by atoms with E-state index in [4.69, 9.17) is 4.74 Å². The molecule has 18 heavy (non-hydrogen) atoms. The molecule has 4 heteroatoms. The summed E-state index contributed by atoms with van der Waals surface area (Å²) in [4.78, 5) is 0. The smallest absolute Gasteiger partial charge is 0.123 e. The molecule has 0 fully saturated rings. The normalized spacial score (nSPS) is 11.8. The van der Waals surface area contributed by atoms with Crippen LogP contribution < -0.4 is 0 Å². The van der Waals surface area contributed by atoms with Gasteiger partial charge < -0.3 is 4.74 Å². The van der Waals surface area contributed by atoms with Crippen molar-refractivity contribution in [1.29, 1.82) is 0 Å². The van der Waals surface area contributed by atoms with Gasteiger partial charge in [-0.05, 0) is 30.5 Å². The molecule has 0 saturated heterocycles. The minimum absolute atomic E-state index is 0.115. The standard InChI is InChI=1S/C14H19Br2FO/c1-2-7-18-8-6-14(10-15,11-16)12-4-3-5-13(17)9-12/h3-5,9H,2,6-8,10-11H2,1H3. The van der Waals surface area contributed by atoms with Crippen molar-refractivity contribution in [2.24, 2.45) is 0 Å². The van der Waals surface area contributed by atoms with Gasteiger partial charge in [-0.3, -0.25) is 0 Å². The van der Waals surface area contributed by atoms with Gasteiger partial charge in [0, 0.05) is 29.3 Å². The van der Waals surface area contributed by atoms with Gasteiger partial charge in [-0.2, -0.15) is 0 Å². The Labute approximate surface area is 125 Å². The summed E-state index contributed by atoms with van der Waals surface area (Å²) in [5.74, 6) is -0.187. The largest absolute Gasteiger partial charge is 0.381 e. The van der Waals surface area contributed by atoms with Gasteiger partial charge in [-0.1, -0.05) is 50.9 Å². The van der Waals surface area contributed by atoms with Crippen molar-refractivity contribution in [2.75, 3.05) is 23.9 Å². The van der Waals surface area contributed by atoms with E-state index in [0.717, 1.165) is 35.7 Å². The second-order valence-corrected chi connectivity index (χ2v) is 5.54. The Balaban J connectivity index is 2.79. The van der Waals surface area contributed by atoms with Gasteiger partial charge in [0.15, 0.2) is 0 Å². The summed E-state index contributed by atoms with van der Waals surface area (Å²) in [6.45, 7) is 3.57. The molecule has 0 bridgehead atoms. The summed E-state index contributed by atoms with van der Waals surface area (Å²) < 4.78 is 18.9. The van der Waals surface area contributed by atoms with Crippen molar-refractivity contribution in [2.45, 2.75) is 25.2 Å². The topological polar surface area (TPSA) is 9.23 Å². The van der Waals surface area contributed by atoms with Crippen LogP contribution in [0.5, 0.6) is 0 Å². The fraction of sp³-hybridized carbons (Fsp3) is 0.571. The summed E-state index contributed by atoms with van der Waals surface area (Å²) in [5.41, 5.74) is 0.895. The summed E-state index contributed by atoms with van der Waals surface area (Å²) in [7, 11) is 0. The zero-order valence-corrected chi connectivity index (χ0v) is 13.8. The van der Waals surface area contributed by atoms with Gasteiger partial charge in [0.2, 0.25) is 0 Å². The van der Waals surface area contributed by atoms with E-state index >= 15 is 0 Å². The molecule has 102 valence electrons. The fourth-order valence-corrected chi connectivity index (χ4v) is 3.94. The average molecular weight is 382 g/mol. The Kier molecular flexibility index (Phi) is 7.42. The van der Waals surface area contributed by atoms with Crippen LogP contribution in [-0.2, 0) is 10.2 Å². The maximum absolute atomic E-state index is 13.4. The van der Waals surface area contributed by atoms with Crippen LogP contribution >= 0.6 is 31.9 Å². The van der Waals surface area contributed by atoms with E-state index in [0.29, 0.717) is 6.61 Å². The molecule has 1 aromatic rings. The summed E-state index contributed by atoms with van der Waals surface area (Å²) in [5, 5.41) is 1.56. The number of benzene rings is 1. The van der Waals surface area contributed by atoms with Gasteiger partial charge in [0.25, 0.3) is 0 Å². The van der Waals surface area contributed by atoms with E-state index in [9.17, 15) is 4.39 Å². The number of halogens is 3. The molecule has 1 rings (SSSR count). The minimum atomic E-state index is -0.187. The second kappa shape index (κ2) is 8.28. The number of alkyl halides is 2. The highest BCUT2D eigenvalue weighted by molar-refractivity contribution is 9.09. The minimum Gasteiger partial charge on any atom is -0.381 e. The Morgan fingerprint density at radius 3 is 2.50 bits per heavy atom. The summed E-state index contributed by atoms with van der Waals surface area (Å²) >= 11 is 7.11. The van der Waals surface area contributed by atoms with E-state index in [2.05, 4.69) is 38.8 Å². The molecule has 0 saturated carbocycles. The third-order valence-corrected chi connectivity index (χ3v) is 5.17. The molecule has 0 spiro atoms. The predicted molar refractivity (Wildman–Crippen MR) is 81.4 cm³/mol. The van der Waals surface area contributed by atoms with Crippen molar-refractivity contribution in [3.63, 3.8) is 0 Å². The lowest BCUT2D eigenvalue weighted by Gasteiger charge is -2.30. The van der Waals surface area contributed by atoms with Crippen molar-refractivity contribution >= 4 is 31.9 Å². The molecule has 0 aliphatic carbocycles. The van der Waals surface area contributed by atoms with Crippen LogP contribution in [0, 0.1) is 5.82 Å². The first-order valence-electron chi connectivity index (χ1n) is 6.14. The SMILES string of the molecule is CCCOCCC(CBr)(CBr)c1cccc(F)c1. The number of hydrogen-bond donors (Lipinski definition) is 0. The van der Waals surface area contributed by atoms with E-state index < -0.39 is 0 Å². The number of hydrogen-bond acceptors (Lipinski definition) is 1. The third-order valence-electron chi connectivity index (χ3n) is 3.02. The number of ether oxygens (including phenoxy) is 1. The Hall–Kier alpha value is 0.0700. The van der Waals surface area contributed by atoms with Gasteiger partial charge in [-0.25, -0.2) is 4.39 Å². The van der Waals surface area contributed by atoms with E-state index in [1.807, 2.05) is 6.07 Å². The van der Waals surface area contributed by atoms with Crippen molar-refractivity contribution in [3.8, 4) is 0 Å². The van der Waals surface area contributed by atoms with E-state index in [1.165, 1.54) is 6.07 Å². The van der Waals surface area contributed by atoms with Gasteiger partial charge in [0.05, 0.1) is 0 Å². The highest BCUT2D eigenvalue weighted by Gasteiger charge is 2.30. The average Bonchev–Trinajstić information content (AvgIpc) is 2.40. The first kappa shape index (κ1) is 16.1. The molecule has 0 aliphatic rings. The van der Waals surface area contributed by atoms with Crippen molar-refractivity contribution in [3.05, 3.63) is 35.6 Å². The maximum atomic E-state index is 13.4. The van der Waals surface area contributed by atoms with Crippen LogP contribution in [-0.4, -0.2) is 23.9 Å². The van der Waals surface area contributed by atoms with Gasteiger partial charge in [-0.15, -0.1) is 0 Å². The monoisotopic (exact) mass is 380 g/mol. The van der Waals surface area contributed by atoms with E-state index in [-0.39, 0.29) is 11.2 Å². The Bertz CT molecular complexity index is 353. The lowest BCUT2D eigenvalue weighted by Crippen LogP contribution is -2.32. The molecular formula is C14H19Br2FO. The first-order valence-corrected chi connectivity index (χ1v) is 8.38. The van der Waals surface area contributed by atoms with Crippen LogP contribution in [0.25, 0.3) is 0 Å². The molecule has 0 radical (unpaired) electrons. The molecular weight excluding hydrogens is 363 g/mol. The quantitative estimate of drug-likeness (QED) is 0.469. The lowest BCUT2D eigenvalue weighted by molar-refractivity contribution is 0.120. The van der Waals surface area contributed by atoms with Crippen molar-refractivity contribution in [1.82, 2.24) is 0 Å². The molecule has 0 aliphatic heterocycles. The molecule has 0 atom stereocenters. The molecule has 1 nitrogen and oxygen atoms in total. The molecule has 0 heterocycles. The summed E-state index contributed by atoms with van der Waals surface area (Å²) in [6, 6.07) is 6.83.